The van der Waals surface area contributed by atoms with Crippen molar-refractivity contribution in [3.8, 4) is 5.75 Å². The number of carbonyl (C=O) groups is 3. The van der Waals surface area contributed by atoms with Crippen molar-refractivity contribution >= 4 is 63.1 Å². The Kier molecular flexibility index (Phi) is 12.5. The lowest BCUT2D eigenvalue weighted by molar-refractivity contribution is -0.634. The third kappa shape index (κ3) is 9.71. The van der Waals surface area contributed by atoms with Gasteiger partial charge in [0.2, 0.25) is 0 Å². The SMILES string of the molecule is COC(=O)c1ccc(OC(OC2(N3CCCC3C(=O)Cc3ccc4nc(Nc5ccccc5C)oc4c3)OC(C)(C)O2)N2CCCC2C(=O)Cc2ccc3nc(Nc4ccccc4C)oc3c2)cc1. The fraction of sp³-hybridized carbons (Fsp3) is 0.340. The number of hydrogen-bond acceptors (Lipinski definition) is 16. The molecule has 356 valence electrons. The van der Waals surface area contributed by atoms with Gasteiger partial charge in [-0.05, 0) is 136 Å². The molecule has 7 aromatic rings. The average Bonchev–Trinajstić information content (AvgIpc) is 4.16. The number of aromatic nitrogens is 2. The Labute approximate surface area is 398 Å². The standard InChI is InChI=1S/C53H54N6O10/c1-32-12-6-8-14-38(32)54-49-56-40-24-18-34(30-46(40)65-49)28-44(60)42-16-10-26-58(42)51(64-37-22-20-36(21-23-37)48(62)63-5)67-53(68-52(3,4)69-53)59-27-11-17-43(59)45(61)29-35-19-25-41-47(31-35)66-50(57-41)55-39-15-9-7-13-33(39)2/h6-9,12-15,18-25,30-31,42-43,51H,10-11,16-17,26-29H2,1-5H3,(H,54,56)(H,55,57). The maximum Gasteiger partial charge on any atom is 0.363 e. The molecule has 0 radical (unpaired) electrons. The van der Waals surface area contributed by atoms with E-state index in [9.17, 15) is 14.4 Å². The molecule has 10 rings (SSSR count). The summed E-state index contributed by atoms with van der Waals surface area (Å²) in [5.74, 6) is -1.32. The minimum atomic E-state index is -1.85. The van der Waals surface area contributed by atoms with Crippen molar-refractivity contribution in [2.75, 3.05) is 30.8 Å². The van der Waals surface area contributed by atoms with E-state index in [0.29, 0.717) is 84.3 Å². The number of nitrogens with one attached hydrogen (secondary N) is 2. The highest BCUT2D eigenvalue weighted by atomic mass is 17.0. The molecule has 0 bridgehead atoms. The van der Waals surface area contributed by atoms with E-state index in [-0.39, 0.29) is 24.4 Å². The number of aryl methyl sites for hydroxylation is 2. The van der Waals surface area contributed by atoms with Gasteiger partial charge < -0.3 is 28.9 Å². The van der Waals surface area contributed by atoms with Gasteiger partial charge in [0.1, 0.15) is 16.8 Å². The summed E-state index contributed by atoms with van der Waals surface area (Å²) < 4.78 is 43.7. The zero-order chi connectivity index (χ0) is 47.9. The molecular weight excluding hydrogens is 881 g/mol. The van der Waals surface area contributed by atoms with Crippen molar-refractivity contribution in [1.29, 1.82) is 0 Å². The molecular formula is C53H54N6O10. The van der Waals surface area contributed by atoms with E-state index in [2.05, 4.69) is 20.6 Å². The van der Waals surface area contributed by atoms with E-state index >= 15 is 0 Å². The number of methoxy groups -OCH3 is 1. The summed E-state index contributed by atoms with van der Waals surface area (Å²) >= 11 is 0. The molecule has 16 heteroatoms. The Balaban J connectivity index is 0.889. The first-order chi connectivity index (χ1) is 33.3. The van der Waals surface area contributed by atoms with E-state index in [1.807, 2.05) is 109 Å². The Hall–Kier alpha value is -6.95. The number of rotatable bonds is 17. The number of para-hydroxylation sites is 2. The second-order valence-corrected chi connectivity index (χ2v) is 18.2. The fourth-order valence-electron chi connectivity index (χ4n) is 9.43. The molecule has 3 aliphatic heterocycles. The van der Waals surface area contributed by atoms with Gasteiger partial charge in [0.05, 0.1) is 24.8 Å². The first kappa shape index (κ1) is 45.8. The van der Waals surface area contributed by atoms with Crippen molar-refractivity contribution in [2.24, 2.45) is 0 Å². The van der Waals surface area contributed by atoms with Gasteiger partial charge in [-0.2, -0.15) is 9.97 Å². The molecule has 3 aliphatic rings. The summed E-state index contributed by atoms with van der Waals surface area (Å²) in [5.41, 5.74) is 8.17. The average molecular weight is 935 g/mol. The van der Waals surface area contributed by atoms with Crippen LogP contribution in [0.5, 0.6) is 5.75 Å². The number of hydrogen-bond donors (Lipinski definition) is 2. The molecule has 3 atom stereocenters. The zero-order valence-electron chi connectivity index (χ0n) is 39.2. The number of benzene rings is 5. The third-order valence-electron chi connectivity index (χ3n) is 12.9. The van der Waals surface area contributed by atoms with E-state index in [4.69, 9.17) is 32.5 Å². The second-order valence-electron chi connectivity index (χ2n) is 18.2. The summed E-state index contributed by atoms with van der Waals surface area (Å²) in [4.78, 5) is 54.1. The van der Waals surface area contributed by atoms with Crippen molar-refractivity contribution in [1.82, 2.24) is 19.8 Å². The molecule has 2 aromatic heterocycles. The van der Waals surface area contributed by atoms with Crippen LogP contribution in [0.2, 0.25) is 0 Å². The highest BCUT2D eigenvalue weighted by Crippen LogP contribution is 2.46. The molecule has 0 spiro atoms. The molecule has 2 N–H and O–H groups in total. The van der Waals surface area contributed by atoms with Crippen molar-refractivity contribution in [2.45, 2.75) is 96.6 Å². The van der Waals surface area contributed by atoms with E-state index < -0.39 is 36.4 Å². The van der Waals surface area contributed by atoms with Crippen LogP contribution in [0.1, 0.15) is 72.1 Å². The lowest BCUT2D eigenvalue weighted by atomic mass is 10.0. The van der Waals surface area contributed by atoms with E-state index in [1.54, 1.807) is 38.1 Å². The summed E-state index contributed by atoms with van der Waals surface area (Å²) in [7, 11) is 1.32. The molecule has 0 saturated carbocycles. The summed E-state index contributed by atoms with van der Waals surface area (Å²) in [6, 6.07) is 32.8. The normalized spacial score (nSPS) is 19.3. The lowest BCUT2D eigenvalue weighted by Gasteiger charge is -2.56. The number of fused-ring (bicyclic) bond motifs is 2. The zero-order valence-corrected chi connectivity index (χ0v) is 39.2. The van der Waals surface area contributed by atoms with Crippen molar-refractivity contribution in [3.05, 3.63) is 137 Å². The molecule has 0 aliphatic carbocycles. The smallest absolute Gasteiger partial charge is 0.363 e. The van der Waals surface area contributed by atoms with E-state index in [0.717, 1.165) is 33.6 Å². The second kappa shape index (κ2) is 18.9. The van der Waals surface area contributed by atoms with Gasteiger partial charge in [0, 0.05) is 37.3 Å². The van der Waals surface area contributed by atoms with E-state index in [1.165, 1.54) is 7.11 Å². The molecule has 3 saturated heterocycles. The molecule has 0 amide bonds. The predicted octanol–water partition coefficient (Wildman–Crippen LogP) is 9.49. The van der Waals surface area contributed by atoms with Gasteiger partial charge in [-0.25, -0.2) is 14.6 Å². The van der Waals surface area contributed by atoms with Crippen LogP contribution in [0.4, 0.5) is 23.4 Å². The largest absolute Gasteiger partial charge is 0.465 e. The Morgan fingerprint density at radius 2 is 1.25 bits per heavy atom. The highest BCUT2D eigenvalue weighted by molar-refractivity contribution is 5.90. The predicted molar refractivity (Wildman–Crippen MR) is 256 cm³/mol. The lowest BCUT2D eigenvalue weighted by Crippen LogP contribution is -2.73. The summed E-state index contributed by atoms with van der Waals surface area (Å²) in [5, 5.41) is 6.50. The van der Waals surface area contributed by atoms with Crippen LogP contribution in [-0.2, 0) is 41.4 Å². The summed E-state index contributed by atoms with van der Waals surface area (Å²) in [6.45, 7) is 8.43. The quantitative estimate of drug-likeness (QED) is 0.0650. The third-order valence-corrected chi connectivity index (χ3v) is 12.9. The molecule has 5 heterocycles. The number of nitrogens with zero attached hydrogens (tertiary/aromatic N) is 4. The number of anilines is 4. The topological polar surface area (TPSA) is 180 Å². The molecule has 3 fully saturated rings. The maximum absolute atomic E-state index is 14.5. The summed E-state index contributed by atoms with van der Waals surface area (Å²) in [6.07, 6.45) is -0.429. The number of ether oxygens (including phenoxy) is 5. The highest BCUT2D eigenvalue weighted by Gasteiger charge is 2.63. The van der Waals surface area contributed by atoms with Gasteiger partial charge in [-0.3, -0.25) is 23.8 Å². The number of ketones is 2. The minimum Gasteiger partial charge on any atom is -0.465 e. The first-order valence-electron chi connectivity index (χ1n) is 23.3. The molecule has 16 nitrogen and oxygen atoms in total. The van der Waals surface area contributed by atoms with Crippen LogP contribution >= 0.6 is 0 Å². The van der Waals surface area contributed by atoms with Gasteiger partial charge >= 0.3 is 12.1 Å². The minimum absolute atomic E-state index is 0.0521. The Bertz CT molecular complexity index is 3030. The van der Waals surface area contributed by atoms with Crippen LogP contribution in [0.3, 0.4) is 0 Å². The van der Waals surface area contributed by atoms with Crippen LogP contribution in [-0.4, -0.2) is 87.9 Å². The van der Waals surface area contributed by atoms with Crippen LogP contribution in [0, 0.1) is 13.8 Å². The number of likely N-dealkylation sites (tertiary alicyclic amines) is 2. The fourth-order valence-corrected chi connectivity index (χ4v) is 9.43. The van der Waals surface area contributed by atoms with Gasteiger partial charge in [0.15, 0.2) is 28.5 Å². The maximum atomic E-state index is 14.5. The van der Waals surface area contributed by atoms with Crippen LogP contribution in [0.25, 0.3) is 22.2 Å². The monoisotopic (exact) mass is 934 g/mol. The number of oxazole rings is 2. The van der Waals surface area contributed by atoms with Crippen molar-refractivity contribution < 1.29 is 46.9 Å². The molecule has 5 aromatic carbocycles. The Morgan fingerprint density at radius 3 is 1.80 bits per heavy atom. The number of Topliss-reactive ketones (excluding diaryl/α,β-unsaturated/α-hetero) is 2. The Morgan fingerprint density at radius 1 is 0.710 bits per heavy atom. The number of carbonyl (C=O) groups excluding carboxylic acids is 3. The van der Waals surface area contributed by atoms with Gasteiger partial charge in [0.25, 0.3) is 18.4 Å². The van der Waals surface area contributed by atoms with Gasteiger partial charge in [-0.15, -0.1) is 0 Å². The molecule has 3 unspecified atom stereocenters. The first-order valence-corrected chi connectivity index (χ1v) is 23.3. The van der Waals surface area contributed by atoms with Crippen LogP contribution in [0.15, 0.2) is 118 Å². The van der Waals surface area contributed by atoms with Gasteiger partial charge in [-0.1, -0.05) is 48.5 Å². The number of esters is 1. The van der Waals surface area contributed by atoms with Crippen molar-refractivity contribution in [3.63, 3.8) is 0 Å². The van der Waals surface area contributed by atoms with Crippen LogP contribution < -0.4 is 15.4 Å². The molecule has 69 heavy (non-hydrogen) atoms.